The van der Waals surface area contributed by atoms with Crippen LogP contribution in [-0.2, 0) is 6.54 Å². The summed E-state index contributed by atoms with van der Waals surface area (Å²) in [4.78, 5) is 17.6. The van der Waals surface area contributed by atoms with Crippen molar-refractivity contribution in [1.82, 2.24) is 4.90 Å². The van der Waals surface area contributed by atoms with Gasteiger partial charge in [0.1, 0.15) is 5.75 Å². The second-order valence-corrected chi connectivity index (χ2v) is 8.98. The number of carbonyl (C=O) groups is 1. The molecule has 3 aromatic rings. The average Bonchev–Trinajstić information content (AvgIpc) is 2.84. The Bertz CT molecular complexity index is 1030. The molecule has 1 N–H and O–H groups in total. The van der Waals surface area contributed by atoms with Crippen LogP contribution in [0.2, 0.25) is 0 Å². The Morgan fingerprint density at radius 3 is 2.33 bits per heavy atom. The van der Waals surface area contributed by atoms with Crippen LogP contribution >= 0.6 is 0 Å². The lowest BCUT2D eigenvalue weighted by molar-refractivity contribution is 0.102. The van der Waals surface area contributed by atoms with E-state index in [-0.39, 0.29) is 5.91 Å². The van der Waals surface area contributed by atoms with Crippen molar-refractivity contribution in [2.24, 2.45) is 5.92 Å². The first-order chi connectivity index (χ1) is 16.1. The van der Waals surface area contributed by atoms with Gasteiger partial charge in [0.15, 0.2) is 0 Å². The van der Waals surface area contributed by atoms with E-state index in [1.807, 2.05) is 24.3 Å². The SMILES string of the molecule is CC(C)COc1cccc(C(=O)Nc2ccc(N3CCN(Cc4ccccc4)CC3)cc2)c1. The molecule has 1 heterocycles. The summed E-state index contributed by atoms with van der Waals surface area (Å²) in [7, 11) is 0. The van der Waals surface area contributed by atoms with Crippen molar-refractivity contribution in [3.63, 3.8) is 0 Å². The first-order valence-corrected chi connectivity index (χ1v) is 11.7. The van der Waals surface area contributed by atoms with Gasteiger partial charge in [0.05, 0.1) is 6.61 Å². The van der Waals surface area contributed by atoms with Gasteiger partial charge in [-0.15, -0.1) is 0 Å². The number of amides is 1. The number of piperazine rings is 1. The quantitative estimate of drug-likeness (QED) is 0.513. The van der Waals surface area contributed by atoms with Crippen molar-refractivity contribution < 1.29 is 9.53 Å². The highest BCUT2D eigenvalue weighted by Crippen LogP contribution is 2.21. The van der Waals surface area contributed by atoms with Crippen LogP contribution in [0.5, 0.6) is 5.75 Å². The molecule has 0 aromatic heterocycles. The van der Waals surface area contributed by atoms with E-state index in [2.05, 4.69) is 71.4 Å². The predicted octanol–water partition coefficient (Wildman–Crippen LogP) is 5.30. The normalized spacial score (nSPS) is 14.3. The van der Waals surface area contributed by atoms with Crippen LogP contribution in [0.3, 0.4) is 0 Å². The molecule has 0 saturated carbocycles. The van der Waals surface area contributed by atoms with Crippen LogP contribution in [-0.4, -0.2) is 43.6 Å². The zero-order valence-electron chi connectivity index (χ0n) is 19.5. The van der Waals surface area contributed by atoms with Crippen molar-refractivity contribution in [2.75, 3.05) is 43.0 Å². The number of nitrogens with zero attached hydrogens (tertiary/aromatic N) is 2. The number of hydrogen-bond donors (Lipinski definition) is 1. The molecular weight excluding hydrogens is 410 g/mol. The lowest BCUT2D eigenvalue weighted by Crippen LogP contribution is -2.45. The average molecular weight is 444 g/mol. The van der Waals surface area contributed by atoms with E-state index in [0.29, 0.717) is 18.1 Å². The first kappa shape index (κ1) is 22.9. The van der Waals surface area contributed by atoms with Crippen molar-refractivity contribution in [1.29, 1.82) is 0 Å². The smallest absolute Gasteiger partial charge is 0.255 e. The third kappa shape index (κ3) is 6.59. The second-order valence-electron chi connectivity index (χ2n) is 8.98. The van der Waals surface area contributed by atoms with E-state index >= 15 is 0 Å². The molecular formula is C28H33N3O2. The van der Waals surface area contributed by atoms with E-state index in [4.69, 9.17) is 4.74 Å². The maximum Gasteiger partial charge on any atom is 0.255 e. The van der Waals surface area contributed by atoms with Gasteiger partial charge in [-0.05, 0) is 53.9 Å². The van der Waals surface area contributed by atoms with Crippen LogP contribution in [0.25, 0.3) is 0 Å². The van der Waals surface area contributed by atoms with Crippen LogP contribution in [0.15, 0.2) is 78.9 Å². The molecule has 1 fully saturated rings. The molecule has 1 aliphatic rings. The molecule has 0 atom stereocenters. The van der Waals surface area contributed by atoms with E-state index in [0.717, 1.165) is 44.2 Å². The molecule has 33 heavy (non-hydrogen) atoms. The minimum atomic E-state index is -0.132. The standard InChI is InChI=1S/C28H33N3O2/c1-22(2)21-33-27-10-6-9-24(19-27)28(32)29-25-11-13-26(14-12-25)31-17-15-30(16-18-31)20-23-7-4-3-5-8-23/h3-14,19,22H,15-18,20-21H2,1-2H3,(H,29,32). The summed E-state index contributed by atoms with van der Waals surface area (Å²) in [5.41, 5.74) is 3.94. The number of carbonyl (C=O) groups excluding carboxylic acids is 1. The highest BCUT2D eigenvalue weighted by Gasteiger charge is 2.17. The summed E-state index contributed by atoms with van der Waals surface area (Å²) in [6.45, 7) is 9.93. The summed E-state index contributed by atoms with van der Waals surface area (Å²) in [5, 5.41) is 2.99. The Balaban J connectivity index is 1.29. The fourth-order valence-corrected chi connectivity index (χ4v) is 3.95. The highest BCUT2D eigenvalue weighted by atomic mass is 16.5. The van der Waals surface area contributed by atoms with Crippen molar-refractivity contribution >= 4 is 17.3 Å². The van der Waals surface area contributed by atoms with Crippen LogP contribution in [0, 0.1) is 5.92 Å². The van der Waals surface area contributed by atoms with Gasteiger partial charge in [-0.1, -0.05) is 50.2 Å². The molecule has 1 amide bonds. The molecule has 4 rings (SSSR count). The topological polar surface area (TPSA) is 44.8 Å². The lowest BCUT2D eigenvalue weighted by Gasteiger charge is -2.36. The molecule has 0 spiro atoms. The highest BCUT2D eigenvalue weighted by molar-refractivity contribution is 6.04. The largest absolute Gasteiger partial charge is 0.493 e. The minimum absolute atomic E-state index is 0.132. The summed E-state index contributed by atoms with van der Waals surface area (Å²) in [5.74, 6) is 1.03. The predicted molar refractivity (Wildman–Crippen MR) is 135 cm³/mol. The number of ether oxygens (including phenoxy) is 1. The maximum atomic E-state index is 12.7. The Hall–Kier alpha value is -3.31. The Morgan fingerprint density at radius 2 is 1.64 bits per heavy atom. The number of rotatable bonds is 8. The zero-order valence-corrected chi connectivity index (χ0v) is 19.5. The fraction of sp³-hybridized carbons (Fsp3) is 0.321. The number of benzene rings is 3. The Kier molecular flexibility index (Phi) is 7.63. The van der Waals surface area contributed by atoms with Gasteiger partial charge in [-0.25, -0.2) is 0 Å². The summed E-state index contributed by atoms with van der Waals surface area (Å²) < 4.78 is 5.74. The fourth-order valence-electron chi connectivity index (χ4n) is 3.95. The van der Waals surface area contributed by atoms with Crippen molar-refractivity contribution in [3.8, 4) is 5.75 Å². The molecule has 1 aliphatic heterocycles. The molecule has 0 radical (unpaired) electrons. The minimum Gasteiger partial charge on any atom is -0.493 e. The summed E-state index contributed by atoms with van der Waals surface area (Å²) in [6.07, 6.45) is 0. The van der Waals surface area contributed by atoms with Crippen LogP contribution in [0.1, 0.15) is 29.8 Å². The molecule has 0 aliphatic carbocycles. The molecule has 5 nitrogen and oxygen atoms in total. The second kappa shape index (κ2) is 11.0. The zero-order chi connectivity index (χ0) is 23.0. The Morgan fingerprint density at radius 1 is 0.909 bits per heavy atom. The molecule has 3 aromatic carbocycles. The van der Waals surface area contributed by atoms with Gasteiger partial charge in [-0.3, -0.25) is 9.69 Å². The van der Waals surface area contributed by atoms with E-state index in [1.54, 1.807) is 12.1 Å². The summed E-state index contributed by atoms with van der Waals surface area (Å²) >= 11 is 0. The molecule has 5 heteroatoms. The van der Waals surface area contributed by atoms with Crippen LogP contribution < -0.4 is 15.0 Å². The van der Waals surface area contributed by atoms with E-state index in [1.165, 1.54) is 11.3 Å². The van der Waals surface area contributed by atoms with Crippen molar-refractivity contribution in [3.05, 3.63) is 90.0 Å². The Labute approximate surface area is 197 Å². The number of nitrogens with one attached hydrogen (secondary N) is 1. The number of anilines is 2. The molecule has 172 valence electrons. The van der Waals surface area contributed by atoms with E-state index in [9.17, 15) is 4.79 Å². The molecule has 0 unspecified atom stereocenters. The van der Waals surface area contributed by atoms with Gasteiger partial charge < -0.3 is 15.0 Å². The van der Waals surface area contributed by atoms with Gasteiger partial charge in [-0.2, -0.15) is 0 Å². The first-order valence-electron chi connectivity index (χ1n) is 11.7. The molecule has 1 saturated heterocycles. The lowest BCUT2D eigenvalue weighted by atomic mass is 10.1. The van der Waals surface area contributed by atoms with Gasteiger partial charge in [0.25, 0.3) is 5.91 Å². The maximum absolute atomic E-state index is 12.7. The van der Waals surface area contributed by atoms with E-state index < -0.39 is 0 Å². The van der Waals surface area contributed by atoms with Crippen LogP contribution in [0.4, 0.5) is 11.4 Å². The van der Waals surface area contributed by atoms with Gasteiger partial charge >= 0.3 is 0 Å². The summed E-state index contributed by atoms with van der Waals surface area (Å²) in [6, 6.07) is 26.1. The van der Waals surface area contributed by atoms with Gasteiger partial charge in [0.2, 0.25) is 0 Å². The monoisotopic (exact) mass is 443 g/mol. The molecule has 0 bridgehead atoms. The third-order valence-electron chi connectivity index (χ3n) is 5.79. The number of hydrogen-bond acceptors (Lipinski definition) is 4. The van der Waals surface area contributed by atoms with Gasteiger partial charge in [0, 0.05) is 49.7 Å². The third-order valence-corrected chi connectivity index (χ3v) is 5.79. The van der Waals surface area contributed by atoms with Crippen molar-refractivity contribution in [2.45, 2.75) is 20.4 Å².